The highest BCUT2D eigenvalue weighted by atomic mass is 32.2. The molecule has 5 rings (SSSR count). The molecule has 0 spiro atoms. The van der Waals surface area contributed by atoms with Crippen LogP contribution in [0.25, 0.3) is 33.4 Å². The predicted molar refractivity (Wildman–Crippen MR) is 121 cm³/mol. The highest BCUT2D eigenvalue weighted by molar-refractivity contribution is 7.92. The fraction of sp³-hybridized carbons (Fsp3) is 0.250. The van der Waals surface area contributed by atoms with E-state index in [1.807, 2.05) is 36.4 Å². The Bertz CT molecular complexity index is 1360. The predicted octanol–water partition coefficient (Wildman–Crippen LogP) is 5.02. The number of hydrogen-bond acceptors (Lipinski definition) is 5. The van der Waals surface area contributed by atoms with Gasteiger partial charge in [0, 0.05) is 22.7 Å². The molecule has 1 aliphatic rings. The third-order valence-electron chi connectivity index (χ3n) is 6.02. The van der Waals surface area contributed by atoms with Gasteiger partial charge in [-0.15, -0.1) is 0 Å². The van der Waals surface area contributed by atoms with E-state index < -0.39 is 9.84 Å². The number of para-hydroxylation sites is 1. The van der Waals surface area contributed by atoms with Crippen molar-refractivity contribution in [2.75, 3.05) is 7.11 Å². The Morgan fingerprint density at radius 1 is 1.00 bits per heavy atom. The maximum atomic E-state index is 13.1. The number of nitrogens with zero attached hydrogens (tertiary/aromatic N) is 2. The van der Waals surface area contributed by atoms with E-state index in [9.17, 15) is 8.42 Å². The van der Waals surface area contributed by atoms with Gasteiger partial charge in [-0.3, -0.25) is 5.10 Å². The van der Waals surface area contributed by atoms with Gasteiger partial charge in [0.2, 0.25) is 0 Å². The molecule has 1 aliphatic carbocycles. The van der Waals surface area contributed by atoms with Gasteiger partial charge in [-0.1, -0.05) is 37.1 Å². The highest BCUT2D eigenvalue weighted by Gasteiger charge is 2.30. The van der Waals surface area contributed by atoms with E-state index in [0.717, 1.165) is 59.2 Å². The van der Waals surface area contributed by atoms with Gasteiger partial charge in [-0.2, -0.15) is 5.10 Å². The zero-order valence-electron chi connectivity index (χ0n) is 17.2. The van der Waals surface area contributed by atoms with Crippen molar-refractivity contribution in [3.8, 4) is 28.1 Å². The molecule has 7 heteroatoms. The Morgan fingerprint density at radius 3 is 2.61 bits per heavy atom. The number of rotatable bonds is 5. The summed E-state index contributed by atoms with van der Waals surface area (Å²) in [6.07, 6.45) is 5.19. The van der Waals surface area contributed by atoms with Crippen LogP contribution in [0.4, 0.5) is 0 Å². The van der Waals surface area contributed by atoms with Crippen molar-refractivity contribution in [2.24, 2.45) is 0 Å². The molecule has 1 N–H and O–H groups in total. The minimum Gasteiger partial charge on any atom is -0.496 e. The summed E-state index contributed by atoms with van der Waals surface area (Å²) in [4.78, 5) is 4.88. The summed E-state index contributed by atoms with van der Waals surface area (Å²) in [6, 6.07) is 16.9. The third-order valence-corrected chi connectivity index (χ3v) is 8.28. The van der Waals surface area contributed by atoms with Crippen LogP contribution in [0.1, 0.15) is 25.7 Å². The zero-order valence-corrected chi connectivity index (χ0v) is 18.0. The normalized spacial score (nSPS) is 14.9. The van der Waals surface area contributed by atoms with Crippen LogP contribution < -0.4 is 4.74 Å². The van der Waals surface area contributed by atoms with Gasteiger partial charge in [-0.05, 0) is 48.7 Å². The van der Waals surface area contributed by atoms with Crippen molar-refractivity contribution in [1.82, 2.24) is 15.2 Å². The zero-order chi connectivity index (χ0) is 21.4. The fourth-order valence-electron chi connectivity index (χ4n) is 4.36. The van der Waals surface area contributed by atoms with Gasteiger partial charge in [0.15, 0.2) is 15.5 Å². The van der Waals surface area contributed by atoms with Gasteiger partial charge >= 0.3 is 0 Å². The van der Waals surface area contributed by atoms with Crippen LogP contribution in [0.5, 0.6) is 5.75 Å². The summed E-state index contributed by atoms with van der Waals surface area (Å²) in [6.45, 7) is 0. The second-order valence-electron chi connectivity index (χ2n) is 7.87. The summed E-state index contributed by atoms with van der Waals surface area (Å²) < 4.78 is 31.6. The first kappa shape index (κ1) is 19.8. The van der Waals surface area contributed by atoms with Crippen molar-refractivity contribution in [3.05, 3.63) is 60.8 Å². The molecule has 0 bridgehead atoms. The molecule has 0 unspecified atom stereocenters. The molecule has 2 heterocycles. The maximum Gasteiger partial charge on any atom is 0.181 e. The molecule has 0 aliphatic heterocycles. The first-order valence-electron chi connectivity index (χ1n) is 10.4. The topological polar surface area (TPSA) is 84.9 Å². The Balaban J connectivity index is 1.59. The maximum absolute atomic E-state index is 13.1. The molecular weight excluding hydrogens is 410 g/mol. The van der Waals surface area contributed by atoms with E-state index in [0.29, 0.717) is 10.5 Å². The summed E-state index contributed by atoms with van der Waals surface area (Å²) in [5, 5.41) is 7.98. The lowest BCUT2D eigenvalue weighted by atomic mass is 10.0. The minimum atomic E-state index is -3.32. The number of pyridine rings is 1. The molecule has 2 aromatic heterocycles. The second kappa shape index (κ2) is 7.81. The molecule has 2 aromatic carbocycles. The third kappa shape index (κ3) is 3.49. The number of ether oxygens (including phenoxy) is 1. The number of methoxy groups -OCH3 is 1. The highest BCUT2D eigenvalue weighted by Crippen LogP contribution is 2.35. The number of nitrogens with one attached hydrogen (secondary N) is 1. The van der Waals surface area contributed by atoms with E-state index >= 15 is 0 Å². The SMILES string of the molecule is COc1ccccc1-c1[nH]nc2ncc(-c3cccc(S(=O)(=O)C4CCCC4)c3)cc12. The number of aromatic nitrogens is 3. The van der Waals surface area contributed by atoms with Crippen LogP contribution in [-0.4, -0.2) is 36.0 Å². The first-order valence-corrected chi connectivity index (χ1v) is 11.9. The molecule has 158 valence electrons. The number of H-pyrrole nitrogens is 1. The molecule has 31 heavy (non-hydrogen) atoms. The summed E-state index contributed by atoms with van der Waals surface area (Å²) >= 11 is 0. The molecule has 0 amide bonds. The molecule has 0 atom stereocenters. The van der Waals surface area contributed by atoms with E-state index in [1.54, 1.807) is 31.5 Å². The number of sulfone groups is 1. The number of benzene rings is 2. The quantitative estimate of drug-likeness (QED) is 0.478. The monoisotopic (exact) mass is 433 g/mol. The Morgan fingerprint density at radius 2 is 1.81 bits per heavy atom. The average Bonchev–Trinajstić information content (AvgIpc) is 3.49. The number of aromatic amines is 1. The summed E-state index contributed by atoms with van der Waals surface area (Å²) in [7, 11) is -1.68. The lowest BCUT2D eigenvalue weighted by Crippen LogP contribution is -2.17. The Kier molecular flexibility index (Phi) is 4.98. The van der Waals surface area contributed by atoms with Crippen molar-refractivity contribution in [1.29, 1.82) is 0 Å². The minimum absolute atomic E-state index is 0.269. The van der Waals surface area contributed by atoms with E-state index in [4.69, 9.17) is 4.74 Å². The van der Waals surface area contributed by atoms with Crippen LogP contribution in [0.3, 0.4) is 0 Å². The molecule has 6 nitrogen and oxygen atoms in total. The molecular formula is C24H23N3O3S. The van der Waals surface area contributed by atoms with Crippen LogP contribution in [-0.2, 0) is 9.84 Å². The Labute approximate surface area is 181 Å². The van der Waals surface area contributed by atoms with Crippen molar-refractivity contribution < 1.29 is 13.2 Å². The molecule has 0 saturated heterocycles. The second-order valence-corrected chi connectivity index (χ2v) is 10.1. The lowest BCUT2D eigenvalue weighted by Gasteiger charge is -2.12. The standard InChI is InChI=1S/C24H23N3O3S/c1-30-22-12-5-4-11-20(22)23-21-14-17(15-25-24(21)27-26-23)16-7-6-10-19(13-16)31(28,29)18-8-2-3-9-18/h4-7,10-15,18H,2-3,8-9H2,1H3,(H,25,26,27). The van der Waals surface area contributed by atoms with Crippen molar-refractivity contribution in [2.45, 2.75) is 35.8 Å². The van der Waals surface area contributed by atoms with Crippen LogP contribution in [0.2, 0.25) is 0 Å². The molecule has 1 fully saturated rings. The summed E-state index contributed by atoms with van der Waals surface area (Å²) in [5.41, 5.74) is 3.97. The van der Waals surface area contributed by atoms with E-state index in [1.165, 1.54) is 0 Å². The molecule has 0 radical (unpaired) electrons. The lowest BCUT2D eigenvalue weighted by molar-refractivity contribution is 0.416. The van der Waals surface area contributed by atoms with Gasteiger partial charge < -0.3 is 4.74 Å². The van der Waals surface area contributed by atoms with E-state index in [-0.39, 0.29) is 5.25 Å². The van der Waals surface area contributed by atoms with Crippen molar-refractivity contribution >= 4 is 20.9 Å². The average molecular weight is 434 g/mol. The Hall–Kier alpha value is -3.19. The van der Waals surface area contributed by atoms with Gasteiger partial charge in [0.25, 0.3) is 0 Å². The smallest absolute Gasteiger partial charge is 0.181 e. The van der Waals surface area contributed by atoms with Crippen molar-refractivity contribution in [3.63, 3.8) is 0 Å². The number of hydrogen-bond donors (Lipinski definition) is 1. The largest absolute Gasteiger partial charge is 0.496 e. The van der Waals surface area contributed by atoms with Gasteiger partial charge in [0.1, 0.15) is 5.75 Å². The van der Waals surface area contributed by atoms with E-state index in [2.05, 4.69) is 15.2 Å². The van der Waals surface area contributed by atoms with Crippen LogP contribution >= 0.6 is 0 Å². The van der Waals surface area contributed by atoms with Crippen LogP contribution in [0, 0.1) is 0 Å². The molecule has 1 saturated carbocycles. The van der Waals surface area contributed by atoms with Crippen LogP contribution in [0.15, 0.2) is 65.7 Å². The molecule has 4 aromatic rings. The number of fused-ring (bicyclic) bond motifs is 1. The first-order chi connectivity index (χ1) is 15.1. The summed E-state index contributed by atoms with van der Waals surface area (Å²) in [5.74, 6) is 0.739. The van der Waals surface area contributed by atoms with Gasteiger partial charge in [-0.25, -0.2) is 13.4 Å². The fourth-order valence-corrected chi connectivity index (χ4v) is 6.26. The van der Waals surface area contributed by atoms with Gasteiger partial charge in [0.05, 0.1) is 22.9 Å².